The van der Waals surface area contributed by atoms with Crippen molar-refractivity contribution in [3.05, 3.63) is 33.8 Å². The maximum Gasteiger partial charge on any atom is 0.364 e. The number of aliphatic hydroxyl groups is 1. The predicted molar refractivity (Wildman–Crippen MR) is 141 cm³/mol. The Balaban J connectivity index is 1.98. The maximum atomic E-state index is 14.7. The summed E-state index contributed by atoms with van der Waals surface area (Å²) in [6.45, 7) is 13.2. The van der Waals surface area contributed by atoms with Crippen LogP contribution in [0.4, 0.5) is 0 Å². The Hall–Kier alpha value is -0.0900. The van der Waals surface area contributed by atoms with Crippen molar-refractivity contribution in [2.45, 2.75) is 98.1 Å². The summed E-state index contributed by atoms with van der Waals surface area (Å²) in [6.07, 6.45) is 5.48. The minimum atomic E-state index is -3.99. The van der Waals surface area contributed by atoms with E-state index in [9.17, 15) is 9.67 Å². The molecule has 4 nitrogen and oxygen atoms in total. The van der Waals surface area contributed by atoms with E-state index in [1.165, 1.54) is 0 Å². The molecule has 194 valence electrons. The normalized spacial score (nSPS) is 31.7. The monoisotopic (exact) mass is 532 g/mol. The first-order valence-corrected chi connectivity index (χ1v) is 15.4. The molecule has 0 radical (unpaired) electrons. The van der Waals surface area contributed by atoms with Gasteiger partial charge in [-0.15, -0.1) is 0 Å². The number of halogens is 2. The third-order valence-corrected chi connectivity index (χ3v) is 10.6. The molecule has 0 amide bonds. The van der Waals surface area contributed by atoms with Crippen LogP contribution >= 0.6 is 30.8 Å². The van der Waals surface area contributed by atoms with E-state index >= 15 is 0 Å². The van der Waals surface area contributed by atoms with Crippen LogP contribution in [-0.2, 0) is 13.6 Å². The molecule has 0 saturated heterocycles. The highest BCUT2D eigenvalue weighted by atomic mass is 35.5. The topological polar surface area (TPSA) is 55.8 Å². The molecule has 3 rings (SSSR count). The molecule has 1 aromatic carbocycles. The van der Waals surface area contributed by atoms with Crippen molar-refractivity contribution < 1.29 is 18.7 Å². The number of benzene rings is 1. The van der Waals surface area contributed by atoms with Crippen molar-refractivity contribution in [1.29, 1.82) is 0 Å². The molecule has 0 aliphatic heterocycles. The van der Waals surface area contributed by atoms with Crippen LogP contribution in [0.3, 0.4) is 0 Å². The van der Waals surface area contributed by atoms with Crippen molar-refractivity contribution in [2.24, 2.45) is 35.5 Å². The average Bonchev–Trinajstić information content (AvgIpc) is 2.73. The third-order valence-electron chi connectivity index (χ3n) is 8.03. The van der Waals surface area contributed by atoms with Crippen molar-refractivity contribution in [3.8, 4) is 0 Å². The first-order valence-electron chi connectivity index (χ1n) is 13.0. The summed E-state index contributed by atoms with van der Waals surface area (Å²) in [7, 11) is -3.99. The fourth-order valence-electron chi connectivity index (χ4n) is 5.87. The Morgan fingerprint density at radius 1 is 0.882 bits per heavy atom. The summed E-state index contributed by atoms with van der Waals surface area (Å²) in [6, 6.07) is 4.84. The molecule has 34 heavy (non-hydrogen) atoms. The Bertz CT molecular complexity index is 823. The standard InChI is InChI=1S/C27H43Cl2O4P/c1-16(2)21-10-7-18(5)13-25(21)32-34(31,27(30)23-12-9-20(28)15-24(23)29)33-26-14-19(6)8-11-22(26)17(3)4/h9,12,15-19,21-22,25-27,30H,7-8,10-11,13-14H2,1-6H3/t18-,19-,21-,22-,25-,26-,27-/m1/s1. The molecular weight excluding hydrogens is 490 g/mol. The van der Waals surface area contributed by atoms with Crippen molar-refractivity contribution in [3.63, 3.8) is 0 Å². The second-order valence-corrected chi connectivity index (χ2v) is 14.4. The Kier molecular flexibility index (Phi) is 10.0. The van der Waals surface area contributed by atoms with Gasteiger partial charge in [0.1, 0.15) is 0 Å². The quantitative estimate of drug-likeness (QED) is 0.339. The van der Waals surface area contributed by atoms with Gasteiger partial charge in [-0.3, -0.25) is 4.57 Å². The van der Waals surface area contributed by atoms with Crippen LogP contribution in [0.25, 0.3) is 0 Å². The largest absolute Gasteiger partial charge is 0.376 e. The summed E-state index contributed by atoms with van der Waals surface area (Å²) in [4.78, 5) is 0. The number of hydrogen-bond acceptors (Lipinski definition) is 4. The highest BCUT2D eigenvalue weighted by Gasteiger charge is 2.46. The number of aliphatic hydroxyl groups excluding tert-OH is 1. The third kappa shape index (κ3) is 6.81. The van der Waals surface area contributed by atoms with E-state index in [1.807, 2.05) is 0 Å². The van der Waals surface area contributed by atoms with Gasteiger partial charge < -0.3 is 14.2 Å². The SMILES string of the molecule is CC(C)[C@H]1CC[C@@H](C)C[C@H]1OP(=O)(O[C@@H]1C[C@H](C)CC[C@@H]1C(C)C)[C@@H](O)c1ccc(Cl)cc1Cl. The van der Waals surface area contributed by atoms with Gasteiger partial charge in [0.15, 0.2) is 5.85 Å². The summed E-state index contributed by atoms with van der Waals surface area (Å²) in [5, 5.41) is 12.2. The molecule has 7 atom stereocenters. The maximum absolute atomic E-state index is 14.7. The van der Waals surface area contributed by atoms with Crippen molar-refractivity contribution in [1.82, 2.24) is 0 Å². The lowest BCUT2D eigenvalue weighted by atomic mass is 9.75. The van der Waals surface area contributed by atoms with Crippen molar-refractivity contribution >= 4 is 30.8 Å². The van der Waals surface area contributed by atoms with Gasteiger partial charge in [0.25, 0.3) is 0 Å². The number of rotatable bonds is 8. The van der Waals surface area contributed by atoms with E-state index in [0.717, 1.165) is 38.5 Å². The summed E-state index contributed by atoms with van der Waals surface area (Å²) < 4.78 is 27.6. The second kappa shape index (κ2) is 12.0. The van der Waals surface area contributed by atoms with Gasteiger partial charge in [-0.2, -0.15) is 0 Å². The van der Waals surface area contributed by atoms with Crippen LogP contribution < -0.4 is 0 Å². The molecular formula is C27H43Cl2O4P. The van der Waals surface area contributed by atoms with E-state index in [1.54, 1.807) is 18.2 Å². The Morgan fingerprint density at radius 3 is 1.76 bits per heavy atom. The molecule has 2 aliphatic rings. The van der Waals surface area contributed by atoms with Crippen LogP contribution in [-0.4, -0.2) is 17.3 Å². The minimum Gasteiger partial charge on any atom is -0.376 e. The lowest BCUT2D eigenvalue weighted by molar-refractivity contribution is -0.0153. The highest BCUT2D eigenvalue weighted by molar-refractivity contribution is 7.54. The molecule has 1 N–H and O–H groups in total. The molecule has 0 unspecified atom stereocenters. The average molecular weight is 534 g/mol. The van der Waals surface area contributed by atoms with E-state index in [2.05, 4.69) is 41.5 Å². The molecule has 2 aliphatic carbocycles. The zero-order chi connectivity index (χ0) is 25.2. The van der Waals surface area contributed by atoms with Gasteiger partial charge in [-0.1, -0.05) is 83.7 Å². The molecule has 1 aromatic rings. The van der Waals surface area contributed by atoms with E-state index in [-0.39, 0.29) is 29.1 Å². The Morgan fingerprint density at radius 2 is 1.35 bits per heavy atom. The van der Waals surface area contributed by atoms with Crippen LogP contribution in [0, 0.1) is 35.5 Å². The van der Waals surface area contributed by atoms with Crippen LogP contribution in [0.15, 0.2) is 18.2 Å². The first-order chi connectivity index (χ1) is 15.9. The molecule has 2 fully saturated rings. The lowest BCUT2D eigenvalue weighted by Crippen LogP contribution is -2.37. The fraction of sp³-hybridized carbons (Fsp3) is 0.778. The van der Waals surface area contributed by atoms with Crippen LogP contribution in [0.1, 0.15) is 91.5 Å². The molecule has 7 heteroatoms. The van der Waals surface area contributed by atoms with Crippen molar-refractivity contribution in [2.75, 3.05) is 0 Å². The van der Waals surface area contributed by atoms with Gasteiger partial charge in [-0.05, 0) is 73.3 Å². The van der Waals surface area contributed by atoms with Crippen LogP contribution in [0.5, 0.6) is 0 Å². The van der Waals surface area contributed by atoms with E-state index < -0.39 is 13.4 Å². The van der Waals surface area contributed by atoms with E-state index in [4.69, 9.17) is 32.2 Å². The highest BCUT2D eigenvalue weighted by Crippen LogP contribution is 2.65. The zero-order valence-corrected chi connectivity index (χ0v) is 24.0. The van der Waals surface area contributed by atoms with Gasteiger partial charge in [0.05, 0.1) is 12.2 Å². The lowest BCUT2D eigenvalue weighted by Gasteiger charge is -2.42. The molecule has 0 bridgehead atoms. The molecule has 0 aromatic heterocycles. The first kappa shape index (κ1) is 28.5. The summed E-state index contributed by atoms with van der Waals surface area (Å²) in [5.41, 5.74) is 0.337. The predicted octanol–water partition coefficient (Wildman–Crippen LogP) is 9.13. The van der Waals surface area contributed by atoms with Gasteiger partial charge in [0.2, 0.25) is 0 Å². The number of hydrogen-bond donors (Lipinski definition) is 1. The molecule has 2 saturated carbocycles. The van der Waals surface area contributed by atoms with Crippen LogP contribution in [0.2, 0.25) is 10.0 Å². The minimum absolute atomic E-state index is 0.228. The summed E-state index contributed by atoms with van der Waals surface area (Å²) in [5.74, 6) is 0.804. The Labute approximate surface area is 216 Å². The second-order valence-electron chi connectivity index (χ2n) is 11.5. The fourth-order valence-corrected chi connectivity index (χ4v) is 8.54. The van der Waals surface area contributed by atoms with Gasteiger partial charge in [0, 0.05) is 15.6 Å². The zero-order valence-electron chi connectivity index (χ0n) is 21.5. The van der Waals surface area contributed by atoms with Gasteiger partial charge >= 0.3 is 7.60 Å². The molecule has 0 heterocycles. The van der Waals surface area contributed by atoms with E-state index in [0.29, 0.717) is 34.3 Å². The molecule has 0 spiro atoms. The smallest absolute Gasteiger partial charge is 0.364 e. The van der Waals surface area contributed by atoms with Gasteiger partial charge in [-0.25, -0.2) is 0 Å². The summed E-state index contributed by atoms with van der Waals surface area (Å²) >= 11 is 12.5.